The molecular weight excluding hydrogens is 437 g/mol. The van der Waals surface area contributed by atoms with Crippen LogP contribution in [0.3, 0.4) is 0 Å². The highest BCUT2D eigenvalue weighted by atomic mass is 19.1. The molecule has 11 heteroatoms. The highest BCUT2D eigenvalue weighted by Crippen LogP contribution is 2.29. The molecule has 3 N–H and O–H groups in total. The minimum atomic E-state index is -1.15. The number of benzene rings is 2. The molecule has 4 amide bonds. The minimum absolute atomic E-state index is 0.0704. The normalized spacial score (nSPS) is 14.2. The summed E-state index contributed by atoms with van der Waals surface area (Å²) >= 11 is 0. The summed E-state index contributed by atoms with van der Waals surface area (Å²) < 4.78 is 24.3. The summed E-state index contributed by atoms with van der Waals surface area (Å²) in [4.78, 5) is 48.5. The van der Waals surface area contributed by atoms with Gasteiger partial charge in [0.25, 0.3) is 5.91 Å². The number of amides is 4. The molecule has 1 saturated heterocycles. The number of nitrogens with one attached hydrogen (secondary N) is 2. The molecule has 10 nitrogen and oxygen atoms in total. The largest absolute Gasteiger partial charge is 0.490 e. The number of ether oxygens (including phenoxy) is 2. The topological polar surface area (TPSA) is 134 Å². The Kier molecular flexibility index (Phi) is 7.24. The smallest absolute Gasteiger partial charge is 0.341 e. The predicted molar refractivity (Wildman–Crippen MR) is 114 cm³/mol. The number of anilines is 1. The van der Waals surface area contributed by atoms with Crippen molar-refractivity contribution in [2.75, 3.05) is 25.1 Å². The Morgan fingerprint density at radius 1 is 1.15 bits per heavy atom. The van der Waals surface area contributed by atoms with E-state index in [2.05, 4.69) is 10.6 Å². The highest BCUT2D eigenvalue weighted by molar-refractivity contribution is 6.16. The van der Waals surface area contributed by atoms with Gasteiger partial charge in [0.15, 0.2) is 18.1 Å². The van der Waals surface area contributed by atoms with Gasteiger partial charge in [0.2, 0.25) is 5.91 Å². The van der Waals surface area contributed by atoms with Crippen LogP contribution in [-0.4, -0.2) is 53.6 Å². The molecule has 1 fully saturated rings. The average molecular weight is 457 g/mol. The Morgan fingerprint density at radius 3 is 2.61 bits per heavy atom. The van der Waals surface area contributed by atoms with Crippen LogP contribution in [0.15, 0.2) is 48.2 Å². The van der Waals surface area contributed by atoms with Crippen molar-refractivity contribution in [3.63, 3.8) is 0 Å². The van der Waals surface area contributed by atoms with Crippen LogP contribution in [-0.2, 0) is 14.4 Å². The van der Waals surface area contributed by atoms with Crippen molar-refractivity contribution in [1.29, 1.82) is 0 Å². The van der Waals surface area contributed by atoms with E-state index < -0.39 is 42.8 Å². The number of hydrogen-bond donors (Lipinski definition) is 3. The van der Waals surface area contributed by atoms with Crippen LogP contribution in [0.5, 0.6) is 11.5 Å². The monoisotopic (exact) mass is 457 g/mol. The van der Waals surface area contributed by atoms with E-state index in [1.165, 1.54) is 42.5 Å². The molecule has 1 aliphatic rings. The lowest BCUT2D eigenvalue weighted by atomic mass is 10.1. The first-order chi connectivity index (χ1) is 15.8. The van der Waals surface area contributed by atoms with Gasteiger partial charge in [-0.2, -0.15) is 0 Å². The highest BCUT2D eigenvalue weighted by Gasteiger charge is 2.35. The van der Waals surface area contributed by atoms with Gasteiger partial charge in [-0.3, -0.25) is 9.59 Å². The van der Waals surface area contributed by atoms with Crippen LogP contribution in [0.4, 0.5) is 14.9 Å². The Labute approximate surface area is 187 Å². The zero-order valence-electron chi connectivity index (χ0n) is 17.5. The van der Waals surface area contributed by atoms with Gasteiger partial charge in [-0.05, 0) is 42.8 Å². The number of carboxylic acids is 1. The Morgan fingerprint density at radius 2 is 1.91 bits per heavy atom. The van der Waals surface area contributed by atoms with Gasteiger partial charge >= 0.3 is 12.0 Å². The van der Waals surface area contributed by atoms with Crippen LogP contribution in [0.25, 0.3) is 6.08 Å². The average Bonchev–Trinajstić information content (AvgIpc) is 3.02. The fourth-order valence-corrected chi connectivity index (χ4v) is 2.92. The Bertz CT molecular complexity index is 1130. The van der Waals surface area contributed by atoms with Gasteiger partial charge in [-0.15, -0.1) is 0 Å². The fourth-order valence-electron chi connectivity index (χ4n) is 2.92. The van der Waals surface area contributed by atoms with E-state index >= 15 is 0 Å². The van der Waals surface area contributed by atoms with Crippen LogP contribution >= 0.6 is 0 Å². The molecule has 0 aliphatic carbocycles. The fraction of sp³-hybridized carbons (Fsp3) is 0.182. The van der Waals surface area contributed by atoms with Crippen molar-refractivity contribution in [2.24, 2.45) is 0 Å². The quantitative estimate of drug-likeness (QED) is 0.388. The number of nitrogens with zero attached hydrogens (tertiary/aromatic N) is 1. The summed E-state index contributed by atoms with van der Waals surface area (Å²) in [6.45, 7) is 0.850. The molecule has 33 heavy (non-hydrogen) atoms. The molecule has 0 bridgehead atoms. The van der Waals surface area contributed by atoms with Gasteiger partial charge in [0.05, 0.1) is 12.3 Å². The van der Waals surface area contributed by atoms with Crippen molar-refractivity contribution >= 4 is 35.6 Å². The van der Waals surface area contributed by atoms with Gasteiger partial charge < -0.3 is 25.2 Å². The van der Waals surface area contributed by atoms with Gasteiger partial charge in [-0.25, -0.2) is 18.9 Å². The van der Waals surface area contributed by atoms with Gasteiger partial charge in [0.1, 0.15) is 18.1 Å². The molecule has 3 rings (SSSR count). The van der Waals surface area contributed by atoms with Crippen LogP contribution in [0.2, 0.25) is 0 Å². The predicted octanol–water partition coefficient (Wildman–Crippen LogP) is 2.22. The zero-order chi connectivity index (χ0) is 24.0. The molecule has 0 unspecified atom stereocenters. The van der Waals surface area contributed by atoms with E-state index in [9.17, 15) is 23.6 Å². The summed E-state index contributed by atoms with van der Waals surface area (Å²) in [5, 5.41) is 13.5. The summed E-state index contributed by atoms with van der Waals surface area (Å²) in [5.74, 6) is -2.83. The standard InChI is InChI=1S/C22H20FN3O7/c1-2-32-18-10-13(7-8-17(18)33-12-20(28)29)9-16-21(30)26(22(31)25-16)11-19(27)24-15-6-4-3-5-14(15)23/h3-10H,2,11-12H2,1H3,(H,24,27)(H,25,31)(H,28,29)/b16-9+. The second-order valence-corrected chi connectivity index (χ2v) is 6.73. The van der Waals surface area contributed by atoms with Crippen molar-refractivity contribution in [3.05, 3.63) is 59.5 Å². The molecular formula is C22H20FN3O7. The summed E-state index contributed by atoms with van der Waals surface area (Å²) in [5.41, 5.74) is 0.307. The SMILES string of the molecule is CCOc1cc(/C=C2/NC(=O)N(CC(=O)Nc3ccccc3F)C2=O)ccc1OCC(=O)O. The van der Waals surface area contributed by atoms with Crippen molar-refractivity contribution in [2.45, 2.75) is 6.92 Å². The van der Waals surface area contributed by atoms with Crippen molar-refractivity contribution < 1.29 is 38.1 Å². The van der Waals surface area contributed by atoms with Crippen LogP contribution < -0.4 is 20.1 Å². The number of imide groups is 1. The second-order valence-electron chi connectivity index (χ2n) is 6.73. The summed E-state index contributed by atoms with van der Waals surface area (Å²) in [7, 11) is 0. The third-order valence-corrected chi connectivity index (χ3v) is 4.34. The Balaban J connectivity index is 1.73. The molecule has 172 valence electrons. The van der Waals surface area contributed by atoms with Crippen LogP contribution in [0.1, 0.15) is 12.5 Å². The third-order valence-electron chi connectivity index (χ3n) is 4.34. The first-order valence-electron chi connectivity index (χ1n) is 9.79. The molecule has 0 radical (unpaired) electrons. The molecule has 0 spiro atoms. The summed E-state index contributed by atoms with van der Waals surface area (Å²) in [6, 6.07) is 9.23. The van der Waals surface area contributed by atoms with E-state index in [1.54, 1.807) is 13.0 Å². The van der Waals surface area contributed by atoms with Crippen LogP contribution in [0, 0.1) is 5.82 Å². The number of hydrogen-bond acceptors (Lipinski definition) is 6. The molecule has 0 atom stereocenters. The number of carboxylic acid groups (broad SMARTS) is 1. The molecule has 1 aliphatic heterocycles. The van der Waals surface area contributed by atoms with E-state index in [4.69, 9.17) is 14.6 Å². The number of rotatable bonds is 9. The van der Waals surface area contributed by atoms with Gasteiger partial charge in [-0.1, -0.05) is 18.2 Å². The lowest BCUT2D eigenvalue weighted by molar-refractivity contribution is -0.139. The molecule has 0 aromatic heterocycles. The molecule has 1 heterocycles. The molecule has 2 aromatic carbocycles. The van der Waals surface area contributed by atoms with E-state index in [0.29, 0.717) is 10.5 Å². The van der Waals surface area contributed by atoms with Gasteiger partial charge in [0, 0.05) is 0 Å². The maximum absolute atomic E-state index is 13.7. The van der Waals surface area contributed by atoms with E-state index in [0.717, 1.165) is 0 Å². The Hall–Kier alpha value is -4.41. The first kappa shape index (κ1) is 23.3. The number of aliphatic carboxylic acids is 1. The van der Waals surface area contributed by atoms with Crippen molar-refractivity contribution in [3.8, 4) is 11.5 Å². The van der Waals surface area contributed by atoms with E-state index in [-0.39, 0.29) is 29.5 Å². The van der Waals surface area contributed by atoms with E-state index in [1.807, 2.05) is 0 Å². The number of carbonyl (C=O) groups excluding carboxylic acids is 3. The number of urea groups is 1. The number of carbonyl (C=O) groups is 4. The second kappa shape index (κ2) is 10.3. The minimum Gasteiger partial charge on any atom is -0.490 e. The third kappa shape index (κ3) is 5.85. The zero-order valence-corrected chi connectivity index (χ0v) is 17.5. The maximum Gasteiger partial charge on any atom is 0.341 e. The lowest BCUT2D eigenvalue weighted by Gasteiger charge is -2.12. The number of para-hydroxylation sites is 1. The first-order valence-corrected chi connectivity index (χ1v) is 9.79. The molecule has 2 aromatic rings. The van der Waals surface area contributed by atoms with Crippen molar-refractivity contribution in [1.82, 2.24) is 10.2 Å². The summed E-state index contributed by atoms with van der Waals surface area (Å²) in [6.07, 6.45) is 1.37. The lowest BCUT2D eigenvalue weighted by Crippen LogP contribution is -2.38. The number of halogens is 1. The maximum atomic E-state index is 13.7. The molecule has 0 saturated carbocycles.